The van der Waals surface area contributed by atoms with Gasteiger partial charge in [-0.1, -0.05) is 13.3 Å². The highest BCUT2D eigenvalue weighted by atomic mass is 79.9. The highest BCUT2D eigenvalue weighted by Gasteiger charge is 2.13. The van der Waals surface area contributed by atoms with E-state index in [1.165, 1.54) is 0 Å². The van der Waals surface area contributed by atoms with Crippen molar-refractivity contribution in [1.29, 1.82) is 0 Å². The molecule has 0 saturated heterocycles. The van der Waals surface area contributed by atoms with Gasteiger partial charge >= 0.3 is 5.97 Å². The van der Waals surface area contributed by atoms with Gasteiger partial charge in [0.05, 0.1) is 0 Å². The lowest BCUT2D eigenvalue weighted by Gasteiger charge is -2.14. The smallest absolute Gasteiger partial charge is 0.303 e. The molecule has 0 saturated carbocycles. The second-order valence-corrected chi connectivity index (χ2v) is 6.00. The van der Waals surface area contributed by atoms with Crippen molar-refractivity contribution < 1.29 is 14.7 Å². The molecule has 0 aliphatic heterocycles. The van der Waals surface area contributed by atoms with E-state index in [1.807, 2.05) is 24.6 Å². The van der Waals surface area contributed by atoms with Gasteiger partial charge in [-0.05, 0) is 47.7 Å². The first-order valence-electron chi connectivity index (χ1n) is 7.33. The summed E-state index contributed by atoms with van der Waals surface area (Å²) in [6.45, 7) is 5.35. The van der Waals surface area contributed by atoms with E-state index in [2.05, 4.69) is 21.2 Å². The maximum absolute atomic E-state index is 12.1. The molecule has 1 rings (SSSR count). The Balaban J connectivity index is 2.43. The number of rotatable bonds is 9. The van der Waals surface area contributed by atoms with Gasteiger partial charge in [0.2, 0.25) is 0 Å². The molecule has 0 aliphatic carbocycles. The number of carbonyl (C=O) groups is 2. The van der Waals surface area contributed by atoms with Crippen molar-refractivity contribution in [2.45, 2.75) is 46.1 Å². The van der Waals surface area contributed by atoms with Gasteiger partial charge in [-0.25, -0.2) is 0 Å². The largest absolute Gasteiger partial charge is 0.481 e. The molecule has 0 spiro atoms. The van der Waals surface area contributed by atoms with Crippen molar-refractivity contribution in [1.82, 2.24) is 9.88 Å². The van der Waals surface area contributed by atoms with Crippen LogP contribution in [-0.2, 0) is 11.3 Å². The van der Waals surface area contributed by atoms with Gasteiger partial charge in [-0.2, -0.15) is 0 Å². The molecule has 1 atom stereocenters. The zero-order valence-electron chi connectivity index (χ0n) is 12.6. The maximum Gasteiger partial charge on any atom is 0.303 e. The van der Waals surface area contributed by atoms with Gasteiger partial charge in [-0.15, -0.1) is 0 Å². The predicted molar refractivity (Wildman–Crippen MR) is 85.4 cm³/mol. The van der Waals surface area contributed by atoms with E-state index in [0.717, 1.165) is 23.9 Å². The molecule has 1 amide bonds. The molecule has 0 aromatic carbocycles. The molecule has 0 radical (unpaired) electrons. The molecule has 1 heterocycles. The second kappa shape index (κ2) is 8.87. The Bertz CT molecular complexity index is 485. The van der Waals surface area contributed by atoms with Crippen LogP contribution >= 0.6 is 15.9 Å². The lowest BCUT2D eigenvalue weighted by molar-refractivity contribution is -0.137. The summed E-state index contributed by atoms with van der Waals surface area (Å²) in [6, 6.07) is 1.81. The fraction of sp³-hybridized carbons (Fsp3) is 0.600. The number of hydrogen-bond acceptors (Lipinski definition) is 2. The van der Waals surface area contributed by atoms with Gasteiger partial charge in [-0.3, -0.25) is 9.59 Å². The summed E-state index contributed by atoms with van der Waals surface area (Å²) in [5.41, 5.74) is 0.642. The average molecular weight is 359 g/mol. The van der Waals surface area contributed by atoms with Crippen molar-refractivity contribution in [3.63, 3.8) is 0 Å². The number of halogens is 1. The number of aliphatic carboxylic acids is 1. The monoisotopic (exact) mass is 358 g/mol. The standard InChI is InChI=1S/C15H23BrN2O3/c1-3-11(5-6-14(19)20)7-8-17-15(21)13-9-12(16)10-18(13)4-2/h9-11H,3-8H2,1-2H3,(H,17,21)(H,19,20). The van der Waals surface area contributed by atoms with Crippen LogP contribution in [0.2, 0.25) is 0 Å². The Labute approximate surface area is 133 Å². The Hall–Kier alpha value is -1.30. The Morgan fingerprint density at radius 1 is 1.38 bits per heavy atom. The molecule has 118 valence electrons. The minimum absolute atomic E-state index is 0.0874. The number of aromatic nitrogens is 1. The first-order chi connectivity index (χ1) is 9.97. The summed E-state index contributed by atoms with van der Waals surface area (Å²) >= 11 is 3.37. The van der Waals surface area contributed by atoms with Crippen LogP contribution in [0.4, 0.5) is 0 Å². The van der Waals surface area contributed by atoms with Crippen molar-refractivity contribution >= 4 is 27.8 Å². The first-order valence-corrected chi connectivity index (χ1v) is 8.12. The van der Waals surface area contributed by atoms with Crippen LogP contribution in [0.25, 0.3) is 0 Å². The molecule has 6 heteroatoms. The normalized spacial score (nSPS) is 12.1. The number of nitrogens with zero attached hydrogens (tertiary/aromatic N) is 1. The van der Waals surface area contributed by atoms with Crippen LogP contribution in [0.5, 0.6) is 0 Å². The summed E-state index contributed by atoms with van der Waals surface area (Å²) in [5, 5.41) is 11.6. The van der Waals surface area contributed by atoms with Gasteiger partial charge < -0.3 is 15.0 Å². The van der Waals surface area contributed by atoms with E-state index in [-0.39, 0.29) is 12.3 Å². The first kappa shape index (κ1) is 17.8. The Morgan fingerprint density at radius 3 is 2.67 bits per heavy atom. The van der Waals surface area contributed by atoms with Gasteiger partial charge in [0, 0.05) is 30.2 Å². The van der Waals surface area contributed by atoms with Crippen LogP contribution in [0.3, 0.4) is 0 Å². The number of carboxylic acid groups (broad SMARTS) is 1. The molecule has 2 N–H and O–H groups in total. The third-order valence-corrected chi connectivity index (χ3v) is 4.05. The number of carboxylic acids is 1. The maximum atomic E-state index is 12.1. The van der Waals surface area contributed by atoms with E-state index in [9.17, 15) is 9.59 Å². The molecule has 1 unspecified atom stereocenters. The average Bonchev–Trinajstić information content (AvgIpc) is 2.83. The minimum Gasteiger partial charge on any atom is -0.481 e. The molecule has 0 aliphatic rings. The predicted octanol–water partition coefficient (Wildman–Crippen LogP) is 3.28. The summed E-state index contributed by atoms with van der Waals surface area (Å²) in [7, 11) is 0. The van der Waals surface area contributed by atoms with Crippen LogP contribution in [-0.4, -0.2) is 28.1 Å². The lowest BCUT2D eigenvalue weighted by Crippen LogP contribution is -2.28. The Kier molecular flexibility index (Phi) is 7.50. The molecule has 21 heavy (non-hydrogen) atoms. The Morgan fingerprint density at radius 2 is 2.10 bits per heavy atom. The zero-order chi connectivity index (χ0) is 15.8. The third kappa shape index (κ3) is 5.91. The van der Waals surface area contributed by atoms with E-state index in [0.29, 0.717) is 24.6 Å². The minimum atomic E-state index is -0.761. The van der Waals surface area contributed by atoms with Crippen molar-refractivity contribution in [2.24, 2.45) is 5.92 Å². The van der Waals surface area contributed by atoms with E-state index in [4.69, 9.17) is 5.11 Å². The molecule has 1 aromatic rings. The fourth-order valence-electron chi connectivity index (χ4n) is 2.29. The number of aryl methyl sites for hydroxylation is 1. The van der Waals surface area contributed by atoms with Gasteiger partial charge in [0.15, 0.2) is 0 Å². The van der Waals surface area contributed by atoms with Crippen molar-refractivity contribution in [2.75, 3.05) is 6.54 Å². The summed E-state index contributed by atoms with van der Waals surface area (Å²) in [5.74, 6) is -0.509. The third-order valence-electron chi connectivity index (χ3n) is 3.62. The van der Waals surface area contributed by atoms with Crippen molar-refractivity contribution in [3.05, 3.63) is 22.4 Å². The van der Waals surface area contributed by atoms with Crippen LogP contribution in [0.1, 0.15) is 50.0 Å². The lowest BCUT2D eigenvalue weighted by atomic mass is 9.96. The number of nitrogens with one attached hydrogen (secondary N) is 1. The summed E-state index contributed by atoms with van der Waals surface area (Å²) in [6.07, 6.45) is 4.48. The second-order valence-electron chi connectivity index (χ2n) is 5.08. The van der Waals surface area contributed by atoms with E-state index in [1.54, 1.807) is 6.07 Å². The molecule has 0 bridgehead atoms. The highest BCUT2D eigenvalue weighted by Crippen LogP contribution is 2.16. The quantitative estimate of drug-likeness (QED) is 0.711. The number of carbonyl (C=O) groups excluding carboxylic acids is 1. The zero-order valence-corrected chi connectivity index (χ0v) is 14.1. The van der Waals surface area contributed by atoms with Crippen LogP contribution < -0.4 is 5.32 Å². The molecule has 5 nitrogen and oxygen atoms in total. The molecular weight excluding hydrogens is 336 g/mol. The van der Waals surface area contributed by atoms with Gasteiger partial charge in [0.25, 0.3) is 5.91 Å². The summed E-state index contributed by atoms with van der Waals surface area (Å²) in [4.78, 5) is 22.7. The van der Waals surface area contributed by atoms with Crippen LogP contribution in [0, 0.1) is 5.92 Å². The molecule has 0 fully saturated rings. The molecule has 1 aromatic heterocycles. The fourth-order valence-corrected chi connectivity index (χ4v) is 2.75. The van der Waals surface area contributed by atoms with E-state index < -0.39 is 5.97 Å². The topological polar surface area (TPSA) is 71.3 Å². The highest BCUT2D eigenvalue weighted by molar-refractivity contribution is 9.10. The van der Waals surface area contributed by atoms with Gasteiger partial charge in [0.1, 0.15) is 5.69 Å². The van der Waals surface area contributed by atoms with Crippen molar-refractivity contribution in [3.8, 4) is 0 Å². The number of amides is 1. The number of hydrogen-bond donors (Lipinski definition) is 2. The van der Waals surface area contributed by atoms with Crippen LogP contribution in [0.15, 0.2) is 16.7 Å². The SMILES string of the molecule is CCC(CCNC(=O)c1cc(Br)cn1CC)CCC(=O)O. The molecular formula is C15H23BrN2O3. The summed E-state index contributed by atoms with van der Waals surface area (Å²) < 4.78 is 2.78. The van der Waals surface area contributed by atoms with E-state index >= 15 is 0 Å².